The van der Waals surface area contributed by atoms with Crippen LogP contribution in [-0.2, 0) is 13.1 Å². The minimum atomic E-state index is -0.173. The number of nitrogens with one attached hydrogen (secondary N) is 1. The van der Waals surface area contributed by atoms with Crippen LogP contribution in [0.5, 0.6) is 5.75 Å². The van der Waals surface area contributed by atoms with Gasteiger partial charge in [-0.25, -0.2) is 0 Å². The summed E-state index contributed by atoms with van der Waals surface area (Å²) in [7, 11) is 1.64. The van der Waals surface area contributed by atoms with E-state index in [0.717, 1.165) is 16.9 Å². The van der Waals surface area contributed by atoms with Crippen molar-refractivity contribution in [2.75, 3.05) is 12.4 Å². The molecule has 0 saturated carbocycles. The van der Waals surface area contributed by atoms with Gasteiger partial charge in [0, 0.05) is 24.2 Å². The van der Waals surface area contributed by atoms with Gasteiger partial charge >= 0.3 is 0 Å². The molecule has 0 radical (unpaired) electrons. The Bertz CT molecular complexity index is 1100. The molecule has 4 rings (SSSR count). The van der Waals surface area contributed by atoms with E-state index in [1.807, 2.05) is 65.6 Å². The van der Waals surface area contributed by atoms with Crippen molar-refractivity contribution < 1.29 is 9.53 Å². The van der Waals surface area contributed by atoms with Crippen LogP contribution in [0, 0.1) is 0 Å². The fourth-order valence-corrected chi connectivity index (χ4v) is 3.07. The molecule has 1 amide bonds. The molecule has 0 aliphatic carbocycles. The molecule has 0 saturated heterocycles. The van der Waals surface area contributed by atoms with Gasteiger partial charge in [0.25, 0.3) is 5.91 Å². The van der Waals surface area contributed by atoms with Crippen LogP contribution in [0.3, 0.4) is 0 Å². The van der Waals surface area contributed by atoms with Crippen molar-refractivity contribution in [3.05, 3.63) is 96.1 Å². The molecular formula is C22H21N5O2. The van der Waals surface area contributed by atoms with Gasteiger partial charge in [0.2, 0.25) is 0 Å². The molecule has 2 aromatic heterocycles. The molecule has 4 aromatic rings. The fraction of sp³-hybridized carbons (Fsp3) is 0.136. The third-order valence-electron chi connectivity index (χ3n) is 4.46. The molecule has 0 fully saturated rings. The highest BCUT2D eigenvalue weighted by Gasteiger charge is 2.09. The standard InChI is InChI=1S/C22H21N5O2/c1-29-21-8-3-6-18(12-21)15-27-16-20(13-24-27)25-22(28)19-7-2-5-17(11-19)14-26-10-4-9-23-26/h2-13,16H,14-15H2,1H3,(H,25,28). The average molecular weight is 387 g/mol. The number of carbonyl (C=O) groups excluding carboxylic acids is 1. The molecule has 0 unspecified atom stereocenters. The molecule has 0 spiro atoms. The number of aromatic nitrogens is 4. The zero-order chi connectivity index (χ0) is 20.1. The first-order valence-corrected chi connectivity index (χ1v) is 9.23. The van der Waals surface area contributed by atoms with E-state index in [4.69, 9.17) is 4.74 Å². The minimum Gasteiger partial charge on any atom is -0.497 e. The molecule has 2 aromatic carbocycles. The third-order valence-corrected chi connectivity index (χ3v) is 4.46. The first-order valence-electron chi connectivity index (χ1n) is 9.23. The van der Waals surface area contributed by atoms with Crippen molar-refractivity contribution >= 4 is 11.6 Å². The van der Waals surface area contributed by atoms with Gasteiger partial charge in [0.1, 0.15) is 5.75 Å². The van der Waals surface area contributed by atoms with Crippen LogP contribution in [0.15, 0.2) is 79.4 Å². The van der Waals surface area contributed by atoms with Crippen molar-refractivity contribution in [1.82, 2.24) is 19.6 Å². The largest absolute Gasteiger partial charge is 0.497 e. The maximum absolute atomic E-state index is 12.6. The molecule has 2 heterocycles. The van der Waals surface area contributed by atoms with E-state index >= 15 is 0 Å². The topological polar surface area (TPSA) is 74.0 Å². The van der Waals surface area contributed by atoms with Gasteiger partial charge in [-0.3, -0.25) is 14.2 Å². The lowest BCUT2D eigenvalue weighted by atomic mass is 10.1. The predicted molar refractivity (Wildman–Crippen MR) is 110 cm³/mol. The highest BCUT2D eigenvalue weighted by molar-refractivity contribution is 6.04. The number of nitrogens with zero attached hydrogens (tertiary/aromatic N) is 4. The van der Waals surface area contributed by atoms with E-state index in [-0.39, 0.29) is 5.91 Å². The number of benzene rings is 2. The lowest BCUT2D eigenvalue weighted by Crippen LogP contribution is -2.12. The zero-order valence-electron chi connectivity index (χ0n) is 16.0. The molecule has 1 N–H and O–H groups in total. The number of rotatable bonds is 7. The molecule has 29 heavy (non-hydrogen) atoms. The SMILES string of the molecule is COc1cccc(Cn2cc(NC(=O)c3cccc(Cn4cccn4)c3)cn2)c1. The summed E-state index contributed by atoms with van der Waals surface area (Å²) in [5.74, 6) is 0.631. The van der Waals surface area contributed by atoms with Gasteiger partial charge in [-0.15, -0.1) is 0 Å². The third kappa shape index (κ3) is 4.70. The lowest BCUT2D eigenvalue weighted by molar-refractivity contribution is 0.102. The number of hydrogen-bond donors (Lipinski definition) is 1. The Morgan fingerprint density at radius 1 is 1.00 bits per heavy atom. The summed E-state index contributed by atoms with van der Waals surface area (Å²) >= 11 is 0. The number of amides is 1. The van der Waals surface area contributed by atoms with Crippen LogP contribution in [0.4, 0.5) is 5.69 Å². The minimum absolute atomic E-state index is 0.173. The molecule has 7 heteroatoms. The van der Waals surface area contributed by atoms with E-state index < -0.39 is 0 Å². The van der Waals surface area contributed by atoms with Crippen LogP contribution >= 0.6 is 0 Å². The van der Waals surface area contributed by atoms with Crippen molar-refractivity contribution in [2.24, 2.45) is 0 Å². The summed E-state index contributed by atoms with van der Waals surface area (Å²) in [4.78, 5) is 12.6. The number of methoxy groups -OCH3 is 1. The Labute approximate surface area is 168 Å². The quantitative estimate of drug-likeness (QED) is 0.527. The number of ether oxygens (including phenoxy) is 1. The van der Waals surface area contributed by atoms with E-state index in [0.29, 0.717) is 24.3 Å². The fourth-order valence-electron chi connectivity index (χ4n) is 3.07. The lowest BCUT2D eigenvalue weighted by Gasteiger charge is -2.06. The van der Waals surface area contributed by atoms with Crippen molar-refractivity contribution in [1.29, 1.82) is 0 Å². The first kappa shape index (κ1) is 18.5. The summed E-state index contributed by atoms with van der Waals surface area (Å²) in [5.41, 5.74) is 3.32. The monoisotopic (exact) mass is 387 g/mol. The van der Waals surface area contributed by atoms with E-state index in [9.17, 15) is 4.79 Å². The van der Waals surface area contributed by atoms with E-state index in [1.54, 1.807) is 30.3 Å². The van der Waals surface area contributed by atoms with Crippen LogP contribution in [0.25, 0.3) is 0 Å². The van der Waals surface area contributed by atoms with Crippen molar-refractivity contribution in [2.45, 2.75) is 13.1 Å². The number of anilines is 1. The second-order valence-electron chi connectivity index (χ2n) is 6.64. The van der Waals surface area contributed by atoms with Crippen molar-refractivity contribution in [3.8, 4) is 5.75 Å². The number of carbonyl (C=O) groups is 1. The second kappa shape index (κ2) is 8.43. The van der Waals surface area contributed by atoms with Gasteiger partial charge in [-0.1, -0.05) is 24.3 Å². The molecule has 146 valence electrons. The molecule has 0 atom stereocenters. The predicted octanol–water partition coefficient (Wildman–Crippen LogP) is 3.44. The van der Waals surface area contributed by atoms with Crippen LogP contribution in [-0.4, -0.2) is 32.6 Å². The average Bonchev–Trinajstić information content (AvgIpc) is 3.40. The molecule has 7 nitrogen and oxygen atoms in total. The van der Waals surface area contributed by atoms with Gasteiger partial charge < -0.3 is 10.1 Å². The van der Waals surface area contributed by atoms with Gasteiger partial charge in [-0.05, 0) is 41.5 Å². The molecule has 0 bridgehead atoms. The van der Waals surface area contributed by atoms with Crippen LogP contribution in [0.1, 0.15) is 21.5 Å². The Balaban J connectivity index is 1.41. The summed E-state index contributed by atoms with van der Waals surface area (Å²) in [6, 6.07) is 17.2. The Morgan fingerprint density at radius 3 is 2.59 bits per heavy atom. The Morgan fingerprint density at radius 2 is 1.79 bits per heavy atom. The molecular weight excluding hydrogens is 366 g/mol. The summed E-state index contributed by atoms with van der Waals surface area (Å²) in [6.07, 6.45) is 7.08. The Hall–Kier alpha value is -3.87. The second-order valence-corrected chi connectivity index (χ2v) is 6.64. The van der Waals surface area contributed by atoms with Gasteiger partial charge in [-0.2, -0.15) is 10.2 Å². The van der Waals surface area contributed by atoms with Gasteiger partial charge in [0.05, 0.1) is 32.1 Å². The Kier molecular flexibility index (Phi) is 5.38. The first-order chi connectivity index (χ1) is 14.2. The highest BCUT2D eigenvalue weighted by Crippen LogP contribution is 2.15. The summed E-state index contributed by atoms with van der Waals surface area (Å²) < 4.78 is 8.85. The van der Waals surface area contributed by atoms with Gasteiger partial charge in [0.15, 0.2) is 0 Å². The van der Waals surface area contributed by atoms with E-state index in [2.05, 4.69) is 15.5 Å². The zero-order valence-corrected chi connectivity index (χ0v) is 16.0. The highest BCUT2D eigenvalue weighted by atomic mass is 16.5. The molecule has 0 aliphatic heterocycles. The van der Waals surface area contributed by atoms with Crippen LogP contribution < -0.4 is 10.1 Å². The smallest absolute Gasteiger partial charge is 0.255 e. The maximum atomic E-state index is 12.6. The maximum Gasteiger partial charge on any atom is 0.255 e. The normalized spacial score (nSPS) is 10.7. The van der Waals surface area contributed by atoms with E-state index in [1.165, 1.54) is 0 Å². The number of hydrogen-bond acceptors (Lipinski definition) is 4. The van der Waals surface area contributed by atoms with Crippen LogP contribution in [0.2, 0.25) is 0 Å². The molecule has 0 aliphatic rings. The summed E-state index contributed by atoms with van der Waals surface area (Å²) in [5, 5.41) is 11.4. The summed E-state index contributed by atoms with van der Waals surface area (Å²) in [6.45, 7) is 1.21. The van der Waals surface area contributed by atoms with Crippen molar-refractivity contribution in [3.63, 3.8) is 0 Å².